The molecule has 2 fully saturated rings. The first-order valence-electron chi connectivity index (χ1n) is 7.36. The molecule has 1 aromatic rings. The van der Waals surface area contributed by atoms with Gasteiger partial charge in [-0.05, 0) is 43.7 Å². The fourth-order valence-electron chi connectivity index (χ4n) is 3.84. The predicted molar refractivity (Wildman–Crippen MR) is 75.2 cm³/mol. The van der Waals surface area contributed by atoms with Crippen molar-refractivity contribution in [3.05, 3.63) is 35.9 Å². The molecule has 3 atom stereocenters. The maximum Gasteiger partial charge on any atom is 0.0239 e. The van der Waals surface area contributed by atoms with E-state index in [0.717, 1.165) is 31.1 Å². The molecular weight excluding hydrogens is 220 g/mol. The highest BCUT2D eigenvalue weighted by molar-refractivity contribution is 5.15. The van der Waals surface area contributed by atoms with Crippen LogP contribution in [0.5, 0.6) is 0 Å². The SMILES string of the molecule is NCC1C[C@H]2CCC[C@@H](C1)N2Cc1ccccc1. The Hall–Kier alpha value is -0.860. The molecule has 2 aliphatic heterocycles. The standard InChI is InChI=1S/C16H24N2/c17-11-14-9-15-7-4-8-16(10-14)18(15)12-13-5-2-1-3-6-13/h1-3,5-6,14-16H,4,7-12,17H2/t14?,15-,16+. The number of hydrogen-bond acceptors (Lipinski definition) is 2. The van der Waals surface area contributed by atoms with E-state index in [2.05, 4.69) is 35.2 Å². The predicted octanol–water partition coefficient (Wildman–Crippen LogP) is 2.78. The molecule has 0 aromatic heterocycles. The number of benzene rings is 1. The second-order valence-corrected chi connectivity index (χ2v) is 5.97. The Labute approximate surface area is 110 Å². The lowest BCUT2D eigenvalue weighted by Gasteiger charge is -2.49. The van der Waals surface area contributed by atoms with Crippen molar-refractivity contribution in [2.24, 2.45) is 11.7 Å². The zero-order valence-electron chi connectivity index (χ0n) is 11.1. The van der Waals surface area contributed by atoms with Gasteiger partial charge in [0, 0.05) is 18.6 Å². The normalized spacial score (nSPS) is 32.4. The Morgan fingerprint density at radius 1 is 1.06 bits per heavy atom. The van der Waals surface area contributed by atoms with Crippen molar-refractivity contribution in [1.82, 2.24) is 4.90 Å². The highest BCUT2D eigenvalue weighted by Gasteiger charge is 2.37. The molecule has 0 radical (unpaired) electrons. The molecule has 2 heteroatoms. The molecule has 1 unspecified atom stereocenters. The summed E-state index contributed by atoms with van der Waals surface area (Å²) in [6.45, 7) is 2.01. The minimum atomic E-state index is 0.771. The summed E-state index contributed by atoms with van der Waals surface area (Å²) >= 11 is 0. The van der Waals surface area contributed by atoms with E-state index in [1.54, 1.807) is 0 Å². The molecular formula is C16H24N2. The van der Waals surface area contributed by atoms with Gasteiger partial charge in [0.2, 0.25) is 0 Å². The van der Waals surface area contributed by atoms with E-state index in [1.165, 1.54) is 37.7 Å². The average Bonchev–Trinajstić information content (AvgIpc) is 2.39. The molecule has 1 aromatic carbocycles. The molecule has 2 bridgehead atoms. The molecule has 0 saturated carbocycles. The molecule has 2 N–H and O–H groups in total. The number of piperidine rings is 2. The van der Waals surface area contributed by atoms with Gasteiger partial charge in [0.1, 0.15) is 0 Å². The van der Waals surface area contributed by atoms with Gasteiger partial charge < -0.3 is 5.73 Å². The van der Waals surface area contributed by atoms with Gasteiger partial charge in [-0.2, -0.15) is 0 Å². The van der Waals surface area contributed by atoms with Gasteiger partial charge in [0.25, 0.3) is 0 Å². The summed E-state index contributed by atoms with van der Waals surface area (Å²) in [5.74, 6) is 0.771. The molecule has 0 aliphatic carbocycles. The van der Waals surface area contributed by atoms with E-state index in [1.807, 2.05) is 0 Å². The summed E-state index contributed by atoms with van der Waals surface area (Å²) in [7, 11) is 0. The molecule has 18 heavy (non-hydrogen) atoms. The maximum absolute atomic E-state index is 5.89. The lowest BCUT2D eigenvalue weighted by Crippen LogP contribution is -2.52. The first-order chi connectivity index (χ1) is 8.86. The zero-order valence-corrected chi connectivity index (χ0v) is 11.1. The fraction of sp³-hybridized carbons (Fsp3) is 0.625. The Morgan fingerprint density at radius 3 is 2.33 bits per heavy atom. The van der Waals surface area contributed by atoms with E-state index in [4.69, 9.17) is 5.73 Å². The quantitative estimate of drug-likeness (QED) is 0.886. The Bertz CT molecular complexity index is 362. The molecule has 3 rings (SSSR count). The lowest BCUT2D eigenvalue weighted by atomic mass is 9.78. The number of fused-ring (bicyclic) bond motifs is 2. The van der Waals surface area contributed by atoms with E-state index < -0.39 is 0 Å². The summed E-state index contributed by atoms with van der Waals surface area (Å²) in [5, 5.41) is 0. The van der Waals surface area contributed by atoms with Crippen LogP contribution in [0.2, 0.25) is 0 Å². The van der Waals surface area contributed by atoms with Gasteiger partial charge in [0.15, 0.2) is 0 Å². The van der Waals surface area contributed by atoms with Gasteiger partial charge in [-0.1, -0.05) is 36.8 Å². The number of nitrogens with zero attached hydrogens (tertiary/aromatic N) is 1. The third kappa shape index (κ3) is 2.45. The van der Waals surface area contributed by atoms with Gasteiger partial charge in [-0.3, -0.25) is 4.90 Å². The van der Waals surface area contributed by atoms with Crippen molar-refractivity contribution in [3.8, 4) is 0 Å². The first kappa shape index (κ1) is 12.2. The van der Waals surface area contributed by atoms with E-state index in [-0.39, 0.29) is 0 Å². The maximum atomic E-state index is 5.89. The third-order valence-electron chi connectivity index (χ3n) is 4.76. The van der Waals surface area contributed by atoms with Crippen LogP contribution in [0, 0.1) is 5.92 Å². The second kappa shape index (κ2) is 5.41. The number of hydrogen-bond donors (Lipinski definition) is 1. The molecule has 0 amide bonds. The Kier molecular flexibility index (Phi) is 3.67. The van der Waals surface area contributed by atoms with Gasteiger partial charge in [0.05, 0.1) is 0 Å². The Balaban J connectivity index is 1.72. The van der Waals surface area contributed by atoms with Gasteiger partial charge in [-0.15, -0.1) is 0 Å². The summed E-state index contributed by atoms with van der Waals surface area (Å²) in [5.41, 5.74) is 7.34. The number of rotatable bonds is 3. The highest BCUT2D eigenvalue weighted by Crippen LogP contribution is 2.37. The number of nitrogens with two attached hydrogens (primary N) is 1. The molecule has 2 saturated heterocycles. The van der Waals surface area contributed by atoms with Crippen LogP contribution in [0.3, 0.4) is 0 Å². The van der Waals surface area contributed by atoms with E-state index >= 15 is 0 Å². The molecule has 2 nitrogen and oxygen atoms in total. The van der Waals surface area contributed by atoms with Crippen molar-refractivity contribution in [2.75, 3.05) is 6.54 Å². The van der Waals surface area contributed by atoms with Crippen LogP contribution in [-0.4, -0.2) is 23.5 Å². The van der Waals surface area contributed by atoms with Crippen molar-refractivity contribution in [1.29, 1.82) is 0 Å². The van der Waals surface area contributed by atoms with Crippen LogP contribution < -0.4 is 5.73 Å². The molecule has 98 valence electrons. The fourth-order valence-corrected chi connectivity index (χ4v) is 3.84. The monoisotopic (exact) mass is 244 g/mol. The van der Waals surface area contributed by atoms with Crippen LogP contribution in [0.15, 0.2) is 30.3 Å². The third-order valence-corrected chi connectivity index (χ3v) is 4.76. The summed E-state index contributed by atoms with van der Waals surface area (Å²) < 4.78 is 0. The highest BCUT2D eigenvalue weighted by atomic mass is 15.2. The average molecular weight is 244 g/mol. The summed E-state index contributed by atoms with van der Waals surface area (Å²) in [6.07, 6.45) is 6.80. The zero-order chi connectivity index (χ0) is 12.4. The van der Waals surface area contributed by atoms with Gasteiger partial charge >= 0.3 is 0 Å². The van der Waals surface area contributed by atoms with E-state index in [0.29, 0.717) is 0 Å². The lowest BCUT2D eigenvalue weighted by molar-refractivity contribution is 0.00889. The van der Waals surface area contributed by atoms with Crippen LogP contribution in [0.4, 0.5) is 0 Å². The molecule has 0 spiro atoms. The second-order valence-electron chi connectivity index (χ2n) is 5.97. The minimum Gasteiger partial charge on any atom is -0.330 e. The van der Waals surface area contributed by atoms with Crippen LogP contribution in [0.25, 0.3) is 0 Å². The van der Waals surface area contributed by atoms with Crippen molar-refractivity contribution in [3.63, 3.8) is 0 Å². The summed E-state index contributed by atoms with van der Waals surface area (Å²) in [6, 6.07) is 12.5. The van der Waals surface area contributed by atoms with Gasteiger partial charge in [-0.25, -0.2) is 0 Å². The van der Waals surface area contributed by atoms with E-state index in [9.17, 15) is 0 Å². The molecule has 2 aliphatic rings. The smallest absolute Gasteiger partial charge is 0.0239 e. The molecule has 2 heterocycles. The van der Waals surface area contributed by atoms with Crippen molar-refractivity contribution >= 4 is 0 Å². The largest absolute Gasteiger partial charge is 0.330 e. The van der Waals surface area contributed by atoms with Crippen molar-refractivity contribution in [2.45, 2.75) is 50.7 Å². The topological polar surface area (TPSA) is 29.3 Å². The van der Waals surface area contributed by atoms with Crippen LogP contribution in [0.1, 0.15) is 37.7 Å². The van der Waals surface area contributed by atoms with Crippen molar-refractivity contribution < 1.29 is 0 Å². The Morgan fingerprint density at radius 2 is 1.72 bits per heavy atom. The minimum absolute atomic E-state index is 0.771. The summed E-state index contributed by atoms with van der Waals surface area (Å²) in [4.78, 5) is 2.75. The first-order valence-corrected chi connectivity index (χ1v) is 7.36. The van der Waals surface area contributed by atoms with Crippen LogP contribution >= 0.6 is 0 Å². The van der Waals surface area contributed by atoms with Crippen LogP contribution in [-0.2, 0) is 6.54 Å².